The highest BCUT2D eigenvalue weighted by atomic mass is 19.2. The summed E-state index contributed by atoms with van der Waals surface area (Å²) < 4.78 is 33.3. The number of aromatic amines is 1. The average molecular weight is 472 g/mol. The van der Waals surface area contributed by atoms with Crippen LogP contribution in [0.4, 0.5) is 8.78 Å². The molecule has 0 saturated heterocycles. The van der Waals surface area contributed by atoms with Crippen molar-refractivity contribution in [1.82, 2.24) is 20.1 Å². The molecule has 0 atom stereocenters. The molecule has 35 heavy (non-hydrogen) atoms. The van der Waals surface area contributed by atoms with E-state index in [0.717, 1.165) is 28.6 Å². The highest BCUT2D eigenvalue weighted by Gasteiger charge is 2.21. The average Bonchev–Trinajstić information content (AvgIpc) is 3.46. The molecule has 0 saturated carbocycles. The molecule has 0 spiro atoms. The molecular weight excluding hydrogens is 448 g/mol. The Hall–Kier alpha value is -4.25. The number of fused-ring (bicyclic) bond motifs is 1. The Morgan fingerprint density at radius 2 is 1.91 bits per heavy atom. The Bertz CT molecular complexity index is 1470. The Labute approximate surface area is 201 Å². The van der Waals surface area contributed by atoms with Gasteiger partial charge < -0.3 is 9.51 Å². The van der Waals surface area contributed by atoms with Gasteiger partial charge in [0.2, 0.25) is 0 Å². The van der Waals surface area contributed by atoms with Gasteiger partial charge in [0.1, 0.15) is 17.2 Å². The molecule has 5 rings (SSSR count). The van der Waals surface area contributed by atoms with Crippen molar-refractivity contribution in [1.29, 1.82) is 0 Å². The minimum atomic E-state index is -0.934. The number of imidazole rings is 1. The summed E-state index contributed by atoms with van der Waals surface area (Å²) in [6.45, 7) is 7.03. The van der Waals surface area contributed by atoms with E-state index in [1.807, 2.05) is 30.3 Å². The molecule has 1 aliphatic heterocycles. The number of H-pyrrole nitrogens is 1. The van der Waals surface area contributed by atoms with Crippen molar-refractivity contribution in [3.05, 3.63) is 82.9 Å². The van der Waals surface area contributed by atoms with E-state index in [-0.39, 0.29) is 16.8 Å². The van der Waals surface area contributed by atoms with Crippen molar-refractivity contribution in [3.8, 4) is 34.5 Å². The standard InChI is InChI=1S/C27H23F2N5O/c1-27(2,3)12-11-17-7-9-18(10-8-17)22-13-19(35-33-22)15-34-16-24-23(14-30-34)31-26(32-24)20-5-4-6-21(28)25(20)29/h4-10,13-14H,15-16H2,1-3H3,(H,31,32). The number of rotatable bonds is 4. The van der Waals surface area contributed by atoms with Crippen LogP contribution < -0.4 is 0 Å². The third-order valence-electron chi connectivity index (χ3n) is 5.36. The predicted octanol–water partition coefficient (Wildman–Crippen LogP) is 5.76. The van der Waals surface area contributed by atoms with Crippen molar-refractivity contribution in [2.75, 3.05) is 0 Å². The van der Waals surface area contributed by atoms with Crippen LogP contribution in [0.15, 0.2) is 58.2 Å². The van der Waals surface area contributed by atoms with E-state index in [9.17, 15) is 8.78 Å². The molecule has 0 fully saturated rings. The number of aromatic nitrogens is 3. The van der Waals surface area contributed by atoms with Gasteiger partial charge in [-0.2, -0.15) is 5.10 Å². The lowest BCUT2D eigenvalue weighted by Gasteiger charge is -2.19. The van der Waals surface area contributed by atoms with E-state index in [4.69, 9.17) is 4.52 Å². The number of hydrogen-bond donors (Lipinski definition) is 1. The zero-order chi connectivity index (χ0) is 24.6. The summed E-state index contributed by atoms with van der Waals surface area (Å²) in [7, 11) is 0. The summed E-state index contributed by atoms with van der Waals surface area (Å²) >= 11 is 0. The van der Waals surface area contributed by atoms with Gasteiger partial charge in [-0.15, -0.1) is 0 Å². The van der Waals surface area contributed by atoms with Crippen LogP contribution in [0.3, 0.4) is 0 Å². The van der Waals surface area contributed by atoms with Gasteiger partial charge in [-0.1, -0.05) is 35.2 Å². The summed E-state index contributed by atoms with van der Waals surface area (Å²) in [5, 5.41) is 10.4. The molecule has 6 nitrogen and oxygen atoms in total. The number of hydrogen-bond acceptors (Lipinski definition) is 5. The summed E-state index contributed by atoms with van der Waals surface area (Å²) in [5.41, 5.74) is 3.98. The fourth-order valence-electron chi connectivity index (χ4n) is 3.61. The number of nitrogens with zero attached hydrogens (tertiary/aromatic N) is 4. The summed E-state index contributed by atoms with van der Waals surface area (Å²) in [6, 6.07) is 13.8. The molecule has 0 radical (unpaired) electrons. The maximum absolute atomic E-state index is 14.2. The minimum absolute atomic E-state index is 0.0508. The quantitative estimate of drug-likeness (QED) is 0.385. The van der Waals surface area contributed by atoms with E-state index in [0.29, 0.717) is 24.5 Å². The maximum atomic E-state index is 14.2. The van der Waals surface area contributed by atoms with Crippen molar-refractivity contribution in [2.45, 2.75) is 33.9 Å². The lowest BCUT2D eigenvalue weighted by atomic mass is 9.97. The Balaban J connectivity index is 1.27. The molecule has 2 aromatic heterocycles. The molecule has 0 unspecified atom stereocenters. The van der Waals surface area contributed by atoms with Gasteiger partial charge in [0.15, 0.2) is 17.4 Å². The van der Waals surface area contributed by atoms with Gasteiger partial charge in [-0.25, -0.2) is 13.8 Å². The van der Waals surface area contributed by atoms with Crippen molar-refractivity contribution in [2.24, 2.45) is 10.5 Å². The number of nitrogens with one attached hydrogen (secondary N) is 1. The van der Waals surface area contributed by atoms with Crippen LogP contribution in [0.1, 0.15) is 43.5 Å². The lowest BCUT2D eigenvalue weighted by Crippen LogP contribution is -2.21. The smallest absolute Gasteiger partial charge is 0.169 e. The van der Waals surface area contributed by atoms with Gasteiger partial charge in [-0.05, 0) is 45.0 Å². The van der Waals surface area contributed by atoms with Crippen LogP contribution in [0, 0.1) is 28.9 Å². The number of halogens is 2. The van der Waals surface area contributed by atoms with Crippen LogP contribution in [-0.2, 0) is 13.1 Å². The minimum Gasteiger partial charge on any atom is -0.359 e. The molecule has 4 aromatic rings. The molecule has 2 aromatic carbocycles. The second kappa shape index (κ2) is 8.84. The molecule has 3 heterocycles. The fourth-order valence-corrected chi connectivity index (χ4v) is 3.61. The second-order valence-electron chi connectivity index (χ2n) is 9.37. The van der Waals surface area contributed by atoms with Crippen LogP contribution in [0.25, 0.3) is 22.6 Å². The van der Waals surface area contributed by atoms with Crippen molar-refractivity contribution in [3.63, 3.8) is 0 Å². The zero-order valence-electron chi connectivity index (χ0n) is 19.6. The summed E-state index contributed by atoms with van der Waals surface area (Å²) in [5.74, 6) is 5.47. The molecule has 1 N–H and O–H groups in total. The summed E-state index contributed by atoms with van der Waals surface area (Å²) in [4.78, 5) is 7.44. The predicted molar refractivity (Wildman–Crippen MR) is 129 cm³/mol. The van der Waals surface area contributed by atoms with E-state index in [1.165, 1.54) is 12.1 Å². The molecule has 176 valence electrons. The normalized spacial score (nSPS) is 12.9. The molecule has 0 amide bonds. The fraction of sp³-hybridized carbons (Fsp3) is 0.222. The van der Waals surface area contributed by atoms with Crippen LogP contribution >= 0.6 is 0 Å². The first kappa shape index (κ1) is 22.5. The third-order valence-corrected chi connectivity index (χ3v) is 5.36. The molecule has 8 heteroatoms. The molecular formula is C27H23F2N5O. The molecule has 0 aliphatic carbocycles. The highest BCUT2D eigenvalue weighted by Crippen LogP contribution is 2.26. The van der Waals surface area contributed by atoms with Gasteiger partial charge in [0, 0.05) is 22.6 Å². The highest BCUT2D eigenvalue weighted by molar-refractivity contribution is 5.80. The van der Waals surface area contributed by atoms with Crippen LogP contribution in [0.2, 0.25) is 0 Å². The topological polar surface area (TPSA) is 70.3 Å². The Morgan fingerprint density at radius 1 is 1.11 bits per heavy atom. The van der Waals surface area contributed by atoms with Crippen LogP contribution in [-0.4, -0.2) is 26.3 Å². The monoisotopic (exact) mass is 471 g/mol. The van der Waals surface area contributed by atoms with Gasteiger partial charge in [0.25, 0.3) is 0 Å². The first-order chi connectivity index (χ1) is 16.7. The molecule has 0 bridgehead atoms. The lowest BCUT2D eigenvalue weighted by molar-refractivity contribution is 0.229. The van der Waals surface area contributed by atoms with Crippen LogP contribution in [0.5, 0.6) is 0 Å². The van der Waals surface area contributed by atoms with E-state index in [1.54, 1.807) is 11.2 Å². The summed E-state index contributed by atoms with van der Waals surface area (Å²) in [6.07, 6.45) is 1.59. The van der Waals surface area contributed by atoms with E-state index in [2.05, 4.69) is 52.8 Å². The Morgan fingerprint density at radius 3 is 2.69 bits per heavy atom. The first-order valence-corrected chi connectivity index (χ1v) is 11.2. The third kappa shape index (κ3) is 4.99. The van der Waals surface area contributed by atoms with Crippen molar-refractivity contribution < 1.29 is 13.3 Å². The van der Waals surface area contributed by atoms with Gasteiger partial charge in [0.05, 0.1) is 30.6 Å². The Kier molecular flexibility index (Phi) is 5.69. The van der Waals surface area contributed by atoms with Gasteiger partial charge in [-0.3, -0.25) is 5.01 Å². The second-order valence-corrected chi connectivity index (χ2v) is 9.37. The number of benzene rings is 2. The maximum Gasteiger partial charge on any atom is 0.169 e. The SMILES string of the molecule is CC(C)(C)C#Cc1ccc(-c2cc(CN3Cc4[nH]c(-c5cccc(F)c5F)nc4C=N3)on2)cc1. The van der Waals surface area contributed by atoms with Crippen molar-refractivity contribution >= 4 is 6.21 Å². The van der Waals surface area contributed by atoms with E-state index >= 15 is 0 Å². The largest absolute Gasteiger partial charge is 0.359 e. The number of hydrazone groups is 1. The van der Waals surface area contributed by atoms with E-state index < -0.39 is 11.6 Å². The van der Waals surface area contributed by atoms with Gasteiger partial charge >= 0.3 is 0 Å². The molecule has 1 aliphatic rings. The first-order valence-electron chi connectivity index (χ1n) is 11.2. The zero-order valence-corrected chi connectivity index (χ0v) is 19.6.